The van der Waals surface area contributed by atoms with Gasteiger partial charge in [0.15, 0.2) is 5.83 Å². The summed E-state index contributed by atoms with van der Waals surface area (Å²) in [6.07, 6.45) is 1.73. The number of ether oxygens (including phenoxy) is 2. The van der Waals surface area contributed by atoms with E-state index in [2.05, 4.69) is 6.58 Å². The zero-order chi connectivity index (χ0) is 30.2. The Balaban J connectivity index is 1.59. The van der Waals surface area contributed by atoms with Crippen molar-refractivity contribution in [3.63, 3.8) is 0 Å². The van der Waals surface area contributed by atoms with Crippen LogP contribution in [0.3, 0.4) is 0 Å². The number of amides is 1. The van der Waals surface area contributed by atoms with E-state index in [9.17, 15) is 18.4 Å². The number of thiophene rings is 1. The van der Waals surface area contributed by atoms with Crippen molar-refractivity contribution in [2.24, 2.45) is 7.05 Å². The molecule has 12 heteroatoms. The molecule has 0 saturated heterocycles. The minimum Gasteiger partial charge on any atom is -0.490 e. The van der Waals surface area contributed by atoms with Gasteiger partial charge in [-0.05, 0) is 35.7 Å². The lowest BCUT2D eigenvalue weighted by atomic mass is 9.97. The number of methoxy groups -OCH3 is 1. The highest BCUT2D eigenvalue weighted by atomic mass is 32.1. The quantitative estimate of drug-likeness (QED) is 0.179. The second kappa shape index (κ2) is 11.5. The van der Waals surface area contributed by atoms with Gasteiger partial charge in [-0.1, -0.05) is 6.58 Å². The molecule has 4 aromatic heterocycles. The van der Waals surface area contributed by atoms with Gasteiger partial charge in [-0.25, -0.2) is 13.8 Å². The van der Waals surface area contributed by atoms with Gasteiger partial charge in [-0.15, -0.1) is 11.3 Å². The number of aromatic nitrogens is 4. The summed E-state index contributed by atoms with van der Waals surface area (Å²) in [6, 6.07) is 11.4. The molecular formula is C31H27F2N5O4S. The molecule has 0 spiro atoms. The van der Waals surface area contributed by atoms with Crippen LogP contribution in [0.2, 0.25) is 0 Å². The SMILES string of the molecule is C=C(F)C(=O)N1CCn2nc(-c3nc(-c4ccc(=O)n(C)c4)c4ccsc4c3-c3ccc(F)cc3OCCOC)cc2C1. The van der Waals surface area contributed by atoms with Crippen LogP contribution in [0, 0.1) is 5.82 Å². The summed E-state index contributed by atoms with van der Waals surface area (Å²) in [5.41, 5.74) is 4.28. The molecule has 9 nitrogen and oxygen atoms in total. The van der Waals surface area contributed by atoms with E-state index in [4.69, 9.17) is 19.6 Å². The highest BCUT2D eigenvalue weighted by Crippen LogP contribution is 2.46. The maximum absolute atomic E-state index is 14.5. The number of benzene rings is 1. The van der Waals surface area contributed by atoms with Crippen LogP contribution >= 0.6 is 11.3 Å². The van der Waals surface area contributed by atoms with Crippen LogP contribution < -0.4 is 10.3 Å². The molecule has 5 aromatic rings. The summed E-state index contributed by atoms with van der Waals surface area (Å²) < 4.78 is 43.4. The number of aryl methyl sites for hydroxylation is 1. The molecule has 1 aliphatic rings. The van der Waals surface area contributed by atoms with Crippen LogP contribution in [0.4, 0.5) is 8.78 Å². The summed E-state index contributed by atoms with van der Waals surface area (Å²) in [5, 5.41) is 7.63. The molecule has 220 valence electrons. The third-order valence-electron chi connectivity index (χ3n) is 7.28. The standard InChI is InChI=1S/C31H27F2N5O4S/c1-18(32)31(40)37-9-10-38-21(17-37)15-24(35-38)29-27(22-6-5-20(33)14-25(22)42-12-11-41-3)30-23(8-13-43-30)28(34-29)19-4-7-26(39)36(2)16-19/h4-8,13-16H,1,9-12,17H2,2-3H3. The minimum absolute atomic E-state index is 0.150. The first kappa shape index (κ1) is 28.4. The molecule has 1 amide bonds. The predicted octanol–water partition coefficient (Wildman–Crippen LogP) is 5.18. The first-order chi connectivity index (χ1) is 20.7. The predicted molar refractivity (Wildman–Crippen MR) is 160 cm³/mol. The summed E-state index contributed by atoms with van der Waals surface area (Å²) in [7, 11) is 3.24. The van der Waals surface area contributed by atoms with E-state index in [0.29, 0.717) is 52.8 Å². The number of hydrogen-bond acceptors (Lipinski definition) is 7. The van der Waals surface area contributed by atoms with Gasteiger partial charge >= 0.3 is 0 Å². The van der Waals surface area contributed by atoms with Crippen molar-refractivity contribution in [1.29, 1.82) is 0 Å². The average Bonchev–Trinajstić information content (AvgIpc) is 3.65. The van der Waals surface area contributed by atoms with Crippen LogP contribution in [-0.2, 0) is 29.7 Å². The smallest absolute Gasteiger partial charge is 0.282 e. The molecule has 5 heterocycles. The number of hydrogen-bond donors (Lipinski definition) is 0. The lowest BCUT2D eigenvalue weighted by Gasteiger charge is -2.26. The number of pyridine rings is 2. The minimum atomic E-state index is -1.01. The fourth-order valence-electron chi connectivity index (χ4n) is 5.20. The third-order valence-corrected chi connectivity index (χ3v) is 8.22. The van der Waals surface area contributed by atoms with Crippen LogP contribution in [-0.4, -0.2) is 57.0 Å². The Morgan fingerprint density at radius 2 is 1.95 bits per heavy atom. The second-order valence-corrected chi connectivity index (χ2v) is 11.0. The van der Waals surface area contributed by atoms with E-state index in [1.807, 2.05) is 17.5 Å². The molecule has 1 aromatic carbocycles. The molecule has 0 unspecified atom stereocenters. The maximum Gasteiger partial charge on any atom is 0.282 e. The number of carbonyl (C=O) groups is 1. The van der Waals surface area contributed by atoms with Crippen LogP contribution in [0.1, 0.15) is 5.69 Å². The zero-order valence-electron chi connectivity index (χ0n) is 23.5. The summed E-state index contributed by atoms with van der Waals surface area (Å²) in [6.45, 7) is 4.46. The molecular weight excluding hydrogens is 576 g/mol. The molecule has 0 bridgehead atoms. The van der Waals surface area contributed by atoms with Gasteiger partial charge in [0.2, 0.25) is 5.56 Å². The lowest BCUT2D eigenvalue weighted by Crippen LogP contribution is -2.38. The largest absolute Gasteiger partial charge is 0.490 e. The van der Waals surface area contributed by atoms with Gasteiger partial charge in [0.25, 0.3) is 5.91 Å². The fraction of sp³-hybridized carbons (Fsp3) is 0.226. The third kappa shape index (κ3) is 5.35. The van der Waals surface area contributed by atoms with Crippen molar-refractivity contribution >= 4 is 27.3 Å². The molecule has 43 heavy (non-hydrogen) atoms. The number of rotatable bonds is 8. The van der Waals surface area contributed by atoms with Crippen molar-refractivity contribution in [2.75, 3.05) is 26.9 Å². The Bertz CT molecular complexity index is 1950. The zero-order valence-corrected chi connectivity index (χ0v) is 24.3. The molecule has 0 radical (unpaired) electrons. The van der Waals surface area contributed by atoms with Gasteiger partial charge in [-0.3, -0.25) is 14.3 Å². The molecule has 0 atom stereocenters. The Kier molecular flexibility index (Phi) is 7.63. The van der Waals surface area contributed by atoms with Crippen molar-refractivity contribution in [3.8, 4) is 39.5 Å². The van der Waals surface area contributed by atoms with Gasteiger partial charge < -0.3 is 18.9 Å². The van der Waals surface area contributed by atoms with Crippen molar-refractivity contribution in [3.05, 3.63) is 88.3 Å². The molecule has 6 rings (SSSR count). The van der Waals surface area contributed by atoms with E-state index in [-0.39, 0.29) is 25.3 Å². The van der Waals surface area contributed by atoms with Gasteiger partial charge in [0.1, 0.15) is 29.6 Å². The molecule has 0 fully saturated rings. The van der Waals surface area contributed by atoms with Crippen LogP contribution in [0.15, 0.2) is 71.2 Å². The number of halogens is 2. The van der Waals surface area contributed by atoms with E-state index in [1.165, 1.54) is 39.0 Å². The maximum atomic E-state index is 14.5. The van der Waals surface area contributed by atoms with E-state index in [1.54, 1.807) is 37.2 Å². The van der Waals surface area contributed by atoms with E-state index in [0.717, 1.165) is 15.6 Å². The van der Waals surface area contributed by atoms with E-state index < -0.39 is 17.6 Å². The summed E-state index contributed by atoms with van der Waals surface area (Å²) in [5.74, 6) is -1.90. The second-order valence-electron chi connectivity index (χ2n) is 10.1. The number of fused-ring (bicyclic) bond motifs is 2. The fourth-order valence-corrected chi connectivity index (χ4v) is 6.15. The highest BCUT2D eigenvalue weighted by Gasteiger charge is 2.28. The Hall–Kier alpha value is -4.68. The van der Waals surface area contributed by atoms with Crippen LogP contribution in [0.25, 0.3) is 43.9 Å². The van der Waals surface area contributed by atoms with Crippen molar-refractivity contribution < 1.29 is 23.0 Å². The molecule has 0 N–H and O–H groups in total. The normalized spacial score (nSPS) is 12.9. The first-order valence-corrected chi connectivity index (χ1v) is 14.3. The number of nitrogens with zero attached hydrogens (tertiary/aromatic N) is 5. The molecule has 0 saturated carbocycles. The Morgan fingerprint density at radius 1 is 1.12 bits per heavy atom. The molecule has 1 aliphatic heterocycles. The summed E-state index contributed by atoms with van der Waals surface area (Å²) >= 11 is 1.50. The summed E-state index contributed by atoms with van der Waals surface area (Å²) in [4.78, 5) is 31.0. The first-order valence-electron chi connectivity index (χ1n) is 13.5. The topological polar surface area (TPSA) is 91.5 Å². The van der Waals surface area contributed by atoms with Gasteiger partial charge in [0, 0.05) is 65.8 Å². The Labute approximate surface area is 249 Å². The lowest BCUT2D eigenvalue weighted by molar-refractivity contribution is -0.130. The Morgan fingerprint density at radius 3 is 2.72 bits per heavy atom. The van der Waals surface area contributed by atoms with Crippen molar-refractivity contribution in [2.45, 2.75) is 13.1 Å². The highest BCUT2D eigenvalue weighted by molar-refractivity contribution is 7.18. The van der Waals surface area contributed by atoms with E-state index >= 15 is 0 Å². The number of carbonyl (C=O) groups excluding carboxylic acids is 1. The van der Waals surface area contributed by atoms with Gasteiger partial charge in [0.05, 0.1) is 31.1 Å². The van der Waals surface area contributed by atoms with Crippen LogP contribution in [0.5, 0.6) is 5.75 Å². The van der Waals surface area contributed by atoms with Crippen molar-refractivity contribution in [1.82, 2.24) is 24.2 Å². The molecule has 0 aliphatic carbocycles. The average molecular weight is 604 g/mol. The van der Waals surface area contributed by atoms with Gasteiger partial charge in [-0.2, -0.15) is 5.10 Å². The monoisotopic (exact) mass is 603 g/mol.